The van der Waals surface area contributed by atoms with Gasteiger partial charge >= 0.3 is 161 Å². The van der Waals surface area contributed by atoms with E-state index in [1.54, 1.807) is 24.3 Å². The second-order valence-electron chi connectivity index (χ2n) is 5.89. The van der Waals surface area contributed by atoms with Gasteiger partial charge < -0.3 is 0 Å². The minimum atomic E-state index is 0.224. The molecule has 0 atom stereocenters. The molecule has 26 heavy (non-hydrogen) atoms. The number of benzene rings is 2. The van der Waals surface area contributed by atoms with E-state index in [1.165, 1.54) is 5.56 Å². The van der Waals surface area contributed by atoms with E-state index < -0.39 is 0 Å². The summed E-state index contributed by atoms with van der Waals surface area (Å²) in [6, 6.07) is 13.5. The molecular weight excluding hydrogens is 389 g/mol. The van der Waals surface area contributed by atoms with Crippen LogP contribution in [0.1, 0.15) is 22.3 Å². The predicted octanol–water partition coefficient (Wildman–Crippen LogP) is 3.00. The van der Waals surface area contributed by atoms with Gasteiger partial charge in [0.15, 0.2) is 0 Å². The molecule has 0 spiro atoms. The van der Waals surface area contributed by atoms with Crippen molar-refractivity contribution in [2.45, 2.75) is 20.8 Å². The van der Waals surface area contributed by atoms with Crippen LogP contribution in [0.4, 0.5) is 11.6 Å². The molecule has 0 bridgehead atoms. The fourth-order valence-corrected chi connectivity index (χ4v) is 3.00. The molecule has 6 nitrogen and oxygen atoms in total. The Hall–Kier alpha value is -2.90. The Bertz CT molecular complexity index is 973. The molecule has 1 N–H and O–H groups in total. The number of nitrogens with one attached hydrogen (secondary N) is 1. The molecule has 128 valence electrons. The standard InChI is InChI=1S/C19H16AsN5O/c1-11-8-12(2)16(13(3)9-11)26-19-24-17(20)23-18(25-19)22-15-6-4-14(10-21)5-7-15/h4-9H,1-3H3,(H,22,23,24,25). The van der Waals surface area contributed by atoms with E-state index in [0.717, 1.165) is 22.6 Å². The number of hydrogen-bond acceptors (Lipinski definition) is 6. The number of anilines is 2. The number of aryl methyl sites for hydroxylation is 3. The maximum absolute atomic E-state index is 8.87. The SMILES string of the molecule is Cc1cc(C)c(Oc2nc([As])nc(Nc3ccc(C#N)cc3)n2)c(C)c1. The van der Waals surface area contributed by atoms with E-state index >= 15 is 0 Å². The van der Waals surface area contributed by atoms with Gasteiger partial charge in [-0.05, 0) is 0 Å². The first-order chi connectivity index (χ1) is 12.4. The van der Waals surface area contributed by atoms with Crippen molar-refractivity contribution in [2.24, 2.45) is 0 Å². The van der Waals surface area contributed by atoms with Crippen molar-refractivity contribution in [1.82, 2.24) is 15.0 Å². The van der Waals surface area contributed by atoms with Crippen molar-refractivity contribution < 1.29 is 4.74 Å². The Morgan fingerprint density at radius 2 is 1.65 bits per heavy atom. The van der Waals surface area contributed by atoms with Crippen molar-refractivity contribution in [1.29, 1.82) is 5.26 Å². The summed E-state index contributed by atoms with van der Waals surface area (Å²) < 4.78 is 6.42. The third-order valence-electron chi connectivity index (χ3n) is 3.67. The molecule has 1 heterocycles. The van der Waals surface area contributed by atoms with Crippen LogP contribution < -0.4 is 14.7 Å². The molecule has 0 aliphatic rings. The Kier molecular flexibility index (Phi) is 5.20. The van der Waals surface area contributed by atoms with Crippen LogP contribution in [0.5, 0.6) is 11.8 Å². The molecule has 2 radical (unpaired) electrons. The van der Waals surface area contributed by atoms with Crippen LogP contribution in [0, 0.1) is 32.1 Å². The van der Waals surface area contributed by atoms with Crippen LogP contribution in [0.2, 0.25) is 0 Å². The van der Waals surface area contributed by atoms with Crippen molar-refractivity contribution in [3.63, 3.8) is 0 Å². The van der Waals surface area contributed by atoms with E-state index in [-0.39, 0.29) is 6.01 Å². The first-order valence-corrected chi connectivity index (χ1v) is 8.86. The van der Waals surface area contributed by atoms with Crippen LogP contribution >= 0.6 is 0 Å². The third-order valence-corrected chi connectivity index (χ3v) is 4.09. The summed E-state index contributed by atoms with van der Waals surface area (Å²) in [5.74, 6) is 1.12. The molecule has 7 heteroatoms. The molecule has 2 aromatic carbocycles. The quantitative estimate of drug-likeness (QED) is 0.672. The molecule has 0 saturated heterocycles. The first-order valence-electron chi connectivity index (χ1n) is 7.92. The zero-order valence-electron chi connectivity index (χ0n) is 14.6. The number of nitriles is 1. The summed E-state index contributed by atoms with van der Waals surface area (Å²) >= 11 is 2.29. The summed E-state index contributed by atoms with van der Waals surface area (Å²) in [6.45, 7) is 6.04. The Morgan fingerprint density at radius 3 is 2.27 bits per heavy atom. The van der Waals surface area contributed by atoms with Gasteiger partial charge in [0.25, 0.3) is 0 Å². The van der Waals surface area contributed by atoms with Crippen molar-refractivity contribution in [3.8, 4) is 17.8 Å². The minimum absolute atomic E-state index is 0.224. The molecule has 1 aromatic heterocycles. The molecule has 3 aromatic rings. The van der Waals surface area contributed by atoms with Crippen LogP contribution in [0.15, 0.2) is 36.4 Å². The first kappa shape index (κ1) is 17.9. The topological polar surface area (TPSA) is 83.7 Å². The molecule has 0 aliphatic carbocycles. The van der Waals surface area contributed by atoms with Gasteiger partial charge in [0, 0.05) is 0 Å². The molecule has 0 amide bonds. The van der Waals surface area contributed by atoms with E-state index in [1.807, 2.05) is 20.8 Å². The fourth-order valence-electron chi connectivity index (χ4n) is 2.62. The summed E-state index contributed by atoms with van der Waals surface area (Å²) in [5.41, 5.74) is 4.59. The zero-order valence-corrected chi connectivity index (χ0v) is 16.5. The van der Waals surface area contributed by atoms with Gasteiger partial charge in [-0.1, -0.05) is 0 Å². The molecule has 0 aliphatic heterocycles. The summed E-state index contributed by atoms with van der Waals surface area (Å²) in [6.07, 6.45) is 0. The maximum atomic E-state index is 8.87. The van der Waals surface area contributed by atoms with Crippen LogP contribution in [-0.2, 0) is 0 Å². The molecule has 3 rings (SSSR count). The molecule has 0 fully saturated rings. The number of ether oxygens (including phenoxy) is 1. The number of aromatic nitrogens is 3. The Morgan fingerprint density at radius 1 is 1.00 bits per heavy atom. The Balaban J connectivity index is 1.87. The van der Waals surface area contributed by atoms with Crippen LogP contribution in [-0.4, -0.2) is 31.8 Å². The normalized spacial score (nSPS) is 10.3. The summed E-state index contributed by atoms with van der Waals surface area (Å²) in [5, 5.41) is 12.0. The van der Waals surface area contributed by atoms with E-state index in [4.69, 9.17) is 10.00 Å². The van der Waals surface area contributed by atoms with Gasteiger partial charge in [0.05, 0.1) is 0 Å². The molecular formula is C19H16AsN5O. The zero-order chi connectivity index (χ0) is 18.7. The van der Waals surface area contributed by atoms with Crippen LogP contribution in [0.25, 0.3) is 0 Å². The number of rotatable bonds is 4. The van der Waals surface area contributed by atoms with Gasteiger partial charge in [-0.3, -0.25) is 0 Å². The van der Waals surface area contributed by atoms with E-state index in [0.29, 0.717) is 16.1 Å². The van der Waals surface area contributed by atoms with E-state index in [9.17, 15) is 0 Å². The second-order valence-corrected chi connectivity index (χ2v) is 6.72. The number of hydrogen-bond donors (Lipinski definition) is 1. The summed E-state index contributed by atoms with van der Waals surface area (Å²) in [7, 11) is 0. The third kappa shape index (κ3) is 4.19. The van der Waals surface area contributed by atoms with Crippen LogP contribution in [0.3, 0.4) is 0 Å². The Labute approximate surface area is 160 Å². The van der Waals surface area contributed by atoms with E-state index in [2.05, 4.69) is 55.3 Å². The summed E-state index contributed by atoms with van der Waals surface area (Å²) in [4.78, 5) is 12.9. The average molecular weight is 405 g/mol. The number of nitrogens with zero attached hydrogens (tertiary/aromatic N) is 4. The van der Waals surface area contributed by atoms with Crippen molar-refractivity contribution >= 4 is 33.1 Å². The van der Waals surface area contributed by atoms with Crippen molar-refractivity contribution in [2.75, 3.05) is 5.32 Å². The van der Waals surface area contributed by atoms with Gasteiger partial charge in [-0.15, -0.1) is 0 Å². The van der Waals surface area contributed by atoms with Gasteiger partial charge in [-0.25, -0.2) is 0 Å². The molecule has 0 saturated carbocycles. The second kappa shape index (κ2) is 7.55. The molecule has 0 unspecified atom stereocenters. The average Bonchev–Trinajstić information content (AvgIpc) is 2.58. The fraction of sp³-hybridized carbons (Fsp3) is 0.158. The predicted molar refractivity (Wildman–Crippen MR) is 100 cm³/mol. The van der Waals surface area contributed by atoms with Crippen molar-refractivity contribution in [3.05, 3.63) is 58.7 Å². The van der Waals surface area contributed by atoms with Gasteiger partial charge in [0.1, 0.15) is 0 Å². The van der Waals surface area contributed by atoms with Gasteiger partial charge in [-0.2, -0.15) is 0 Å². The van der Waals surface area contributed by atoms with Gasteiger partial charge in [0.2, 0.25) is 0 Å². The monoisotopic (exact) mass is 405 g/mol.